The van der Waals surface area contributed by atoms with Crippen LogP contribution in [0.3, 0.4) is 0 Å². The fourth-order valence-corrected chi connectivity index (χ4v) is 6.11. The van der Waals surface area contributed by atoms with E-state index in [1.54, 1.807) is 31.2 Å². The zero-order valence-electron chi connectivity index (χ0n) is 19.6. The summed E-state index contributed by atoms with van der Waals surface area (Å²) in [5, 5.41) is 5.98. The Morgan fingerprint density at radius 3 is 2.65 bits per heavy atom. The molecule has 1 aliphatic carbocycles. The first-order valence-corrected chi connectivity index (χ1v) is 12.4. The summed E-state index contributed by atoms with van der Waals surface area (Å²) in [6.07, 6.45) is 2.90. The smallest absolute Gasteiger partial charge is 0.341 e. The third-order valence-electron chi connectivity index (χ3n) is 6.52. The second-order valence-corrected chi connectivity index (χ2v) is 9.88. The van der Waals surface area contributed by atoms with Crippen molar-refractivity contribution >= 4 is 40.2 Å². The van der Waals surface area contributed by atoms with Crippen LogP contribution in [0.1, 0.15) is 60.0 Å². The summed E-state index contributed by atoms with van der Waals surface area (Å²) in [4.78, 5) is 53.7. The van der Waals surface area contributed by atoms with E-state index in [0.29, 0.717) is 28.5 Å². The molecule has 2 aromatic rings. The van der Waals surface area contributed by atoms with Gasteiger partial charge >= 0.3 is 12.0 Å². The summed E-state index contributed by atoms with van der Waals surface area (Å²) in [6, 6.07) is 8.40. The van der Waals surface area contributed by atoms with Gasteiger partial charge in [-0.2, -0.15) is 0 Å². The standard InChI is InChI=1S/C25H29N3O5S/c1-4-25(16-9-7-6-8-10-16)23(31)28(24(32)27-25)14-19(29)26-21-20(22(30)33-5-2)17-12-11-15(3)13-18(17)34-21/h6-10,15H,4-5,11-14H2,1-3H3,(H,26,29)(H,27,32)/t15-,25+/m1/s1. The fourth-order valence-electron chi connectivity index (χ4n) is 4.70. The number of ether oxygens (including phenoxy) is 1. The number of urea groups is 1. The van der Waals surface area contributed by atoms with Gasteiger partial charge in [-0.3, -0.25) is 14.5 Å². The van der Waals surface area contributed by atoms with Crippen LogP contribution in [0.5, 0.6) is 0 Å². The van der Waals surface area contributed by atoms with Crippen LogP contribution in [-0.4, -0.2) is 41.9 Å². The van der Waals surface area contributed by atoms with E-state index >= 15 is 0 Å². The monoisotopic (exact) mass is 483 g/mol. The van der Waals surface area contributed by atoms with Crippen LogP contribution in [0.2, 0.25) is 0 Å². The molecular formula is C25H29N3O5S. The van der Waals surface area contributed by atoms with Crippen molar-refractivity contribution in [2.24, 2.45) is 5.92 Å². The molecule has 1 fully saturated rings. The van der Waals surface area contributed by atoms with E-state index in [0.717, 1.165) is 34.6 Å². The van der Waals surface area contributed by atoms with Crippen LogP contribution in [0.4, 0.5) is 9.80 Å². The number of carbonyl (C=O) groups excluding carboxylic acids is 4. The van der Waals surface area contributed by atoms with Crippen LogP contribution >= 0.6 is 11.3 Å². The minimum atomic E-state index is -1.20. The van der Waals surface area contributed by atoms with Crippen LogP contribution in [-0.2, 0) is 32.7 Å². The van der Waals surface area contributed by atoms with Gasteiger partial charge < -0.3 is 15.4 Å². The van der Waals surface area contributed by atoms with E-state index in [1.165, 1.54) is 11.3 Å². The van der Waals surface area contributed by atoms with Crippen LogP contribution in [0.15, 0.2) is 30.3 Å². The first kappa shape index (κ1) is 23.9. The number of esters is 1. The number of hydrogen-bond donors (Lipinski definition) is 2. The molecular weight excluding hydrogens is 454 g/mol. The summed E-state index contributed by atoms with van der Waals surface area (Å²) < 4.78 is 5.25. The molecule has 34 heavy (non-hydrogen) atoms. The van der Waals surface area contributed by atoms with E-state index in [9.17, 15) is 19.2 Å². The molecule has 1 aromatic carbocycles. The number of anilines is 1. The zero-order chi connectivity index (χ0) is 24.5. The van der Waals surface area contributed by atoms with Crippen molar-refractivity contribution in [2.75, 3.05) is 18.5 Å². The lowest BCUT2D eigenvalue weighted by Crippen LogP contribution is -2.44. The molecule has 2 N–H and O–H groups in total. The highest BCUT2D eigenvalue weighted by atomic mass is 32.1. The Morgan fingerprint density at radius 1 is 1.24 bits per heavy atom. The number of thiophene rings is 1. The van der Waals surface area contributed by atoms with Gasteiger partial charge in [0, 0.05) is 4.88 Å². The van der Waals surface area contributed by atoms with Gasteiger partial charge in [0.25, 0.3) is 5.91 Å². The van der Waals surface area contributed by atoms with Crippen molar-refractivity contribution in [3.8, 4) is 0 Å². The van der Waals surface area contributed by atoms with Gasteiger partial charge in [0.05, 0.1) is 12.2 Å². The Hall–Kier alpha value is -3.20. The average molecular weight is 484 g/mol. The maximum atomic E-state index is 13.3. The maximum Gasteiger partial charge on any atom is 0.341 e. The maximum absolute atomic E-state index is 13.3. The lowest BCUT2D eigenvalue weighted by atomic mass is 9.87. The van der Waals surface area contributed by atoms with Crippen molar-refractivity contribution in [2.45, 2.75) is 52.0 Å². The Labute approximate surface area is 202 Å². The zero-order valence-corrected chi connectivity index (χ0v) is 20.4. The first-order chi connectivity index (χ1) is 16.3. The predicted octanol–water partition coefficient (Wildman–Crippen LogP) is 3.85. The number of carbonyl (C=O) groups is 4. The Kier molecular flexibility index (Phi) is 6.74. The quantitative estimate of drug-likeness (QED) is 0.460. The summed E-state index contributed by atoms with van der Waals surface area (Å²) in [6.45, 7) is 5.50. The largest absolute Gasteiger partial charge is 0.462 e. The van der Waals surface area contributed by atoms with Gasteiger partial charge in [-0.25, -0.2) is 9.59 Å². The minimum Gasteiger partial charge on any atom is -0.462 e. The molecule has 1 saturated heterocycles. The van der Waals surface area contributed by atoms with Gasteiger partial charge in [-0.1, -0.05) is 44.2 Å². The van der Waals surface area contributed by atoms with Gasteiger partial charge in [-0.05, 0) is 49.7 Å². The predicted molar refractivity (Wildman–Crippen MR) is 129 cm³/mol. The van der Waals surface area contributed by atoms with Gasteiger partial charge in [0.15, 0.2) is 0 Å². The molecule has 8 nitrogen and oxygen atoms in total. The van der Waals surface area contributed by atoms with E-state index in [-0.39, 0.29) is 6.61 Å². The van der Waals surface area contributed by atoms with Crippen molar-refractivity contribution in [3.63, 3.8) is 0 Å². The number of rotatable bonds is 7. The fraction of sp³-hybridized carbons (Fsp3) is 0.440. The van der Waals surface area contributed by atoms with Crippen LogP contribution in [0, 0.1) is 5.92 Å². The van der Waals surface area contributed by atoms with Gasteiger partial charge in [0.1, 0.15) is 17.1 Å². The molecule has 0 spiro atoms. The number of nitrogens with one attached hydrogen (secondary N) is 2. The van der Waals surface area contributed by atoms with E-state index < -0.39 is 35.9 Å². The molecule has 2 heterocycles. The Balaban J connectivity index is 1.56. The second-order valence-electron chi connectivity index (χ2n) is 8.77. The molecule has 2 aliphatic rings. The van der Waals surface area contributed by atoms with Crippen LogP contribution in [0.25, 0.3) is 0 Å². The highest BCUT2D eigenvalue weighted by Gasteiger charge is 2.51. The molecule has 0 saturated carbocycles. The second kappa shape index (κ2) is 9.58. The third-order valence-corrected chi connectivity index (χ3v) is 7.69. The summed E-state index contributed by atoms with van der Waals surface area (Å²) in [7, 11) is 0. The third kappa shape index (κ3) is 4.20. The van der Waals surface area contributed by atoms with Gasteiger partial charge in [-0.15, -0.1) is 11.3 Å². The number of hydrogen-bond acceptors (Lipinski definition) is 6. The normalized spacial score (nSPS) is 21.7. The van der Waals surface area contributed by atoms with Crippen LogP contribution < -0.4 is 10.6 Å². The van der Waals surface area contributed by atoms with Crippen molar-refractivity contribution in [1.82, 2.24) is 10.2 Å². The number of fused-ring (bicyclic) bond motifs is 1. The Morgan fingerprint density at radius 2 is 1.97 bits per heavy atom. The highest BCUT2D eigenvalue weighted by Crippen LogP contribution is 2.40. The minimum absolute atomic E-state index is 0.230. The molecule has 4 rings (SSSR count). The molecule has 0 unspecified atom stereocenters. The molecule has 0 bridgehead atoms. The summed E-state index contributed by atoms with van der Waals surface area (Å²) in [5.41, 5.74) is 0.795. The average Bonchev–Trinajstić information content (AvgIpc) is 3.29. The summed E-state index contributed by atoms with van der Waals surface area (Å²) in [5.74, 6) is -0.975. The lowest BCUT2D eigenvalue weighted by molar-refractivity contribution is -0.134. The topological polar surface area (TPSA) is 105 Å². The lowest BCUT2D eigenvalue weighted by Gasteiger charge is -2.25. The number of nitrogens with zero attached hydrogens (tertiary/aromatic N) is 1. The van der Waals surface area contributed by atoms with Crippen molar-refractivity contribution in [1.29, 1.82) is 0 Å². The number of amides is 4. The molecule has 1 aliphatic heterocycles. The molecule has 0 radical (unpaired) electrons. The van der Waals surface area contributed by atoms with Gasteiger partial charge in [0.2, 0.25) is 5.91 Å². The summed E-state index contributed by atoms with van der Waals surface area (Å²) >= 11 is 1.37. The van der Waals surface area contributed by atoms with E-state index in [1.807, 2.05) is 13.0 Å². The van der Waals surface area contributed by atoms with E-state index in [2.05, 4.69) is 17.6 Å². The molecule has 180 valence electrons. The molecule has 2 atom stereocenters. The molecule has 4 amide bonds. The van der Waals surface area contributed by atoms with Crippen molar-refractivity contribution < 1.29 is 23.9 Å². The van der Waals surface area contributed by atoms with E-state index in [4.69, 9.17) is 4.74 Å². The Bertz CT molecular complexity index is 1130. The van der Waals surface area contributed by atoms with Crippen molar-refractivity contribution in [3.05, 3.63) is 51.9 Å². The number of imide groups is 1. The SMILES string of the molecule is CCOC(=O)c1c(NC(=O)CN2C(=O)N[C@@](CC)(c3ccccc3)C2=O)sc2c1CC[C@@H](C)C2. The molecule has 9 heteroatoms. The first-order valence-electron chi connectivity index (χ1n) is 11.6. The molecule has 1 aromatic heterocycles. The number of benzene rings is 1. The highest BCUT2D eigenvalue weighted by molar-refractivity contribution is 7.17.